The first-order valence-electron chi connectivity index (χ1n) is 8.99. The zero-order chi connectivity index (χ0) is 17.2. The Morgan fingerprint density at radius 2 is 1.96 bits per heavy atom. The molecule has 0 bridgehead atoms. The molecule has 2 aromatic carbocycles. The fraction of sp³-hybridized carbons (Fsp3) is 0.381. The molecule has 0 unspecified atom stereocenters. The van der Waals surface area contributed by atoms with Crippen LogP contribution in [-0.2, 0) is 6.42 Å². The molecule has 0 spiro atoms. The third-order valence-electron chi connectivity index (χ3n) is 5.04. The third kappa shape index (κ3) is 3.15. The van der Waals surface area contributed by atoms with Crippen molar-refractivity contribution < 1.29 is 4.74 Å². The van der Waals surface area contributed by atoms with Gasteiger partial charge in [0, 0.05) is 18.4 Å². The molecule has 0 N–H and O–H groups in total. The monoisotopic (exact) mass is 352 g/mol. The minimum atomic E-state index is 0.0276. The lowest BCUT2D eigenvalue weighted by Gasteiger charge is -2.38. The highest BCUT2D eigenvalue weighted by molar-refractivity contribution is 7.98. The van der Waals surface area contributed by atoms with E-state index >= 15 is 0 Å². The van der Waals surface area contributed by atoms with E-state index in [1.165, 1.54) is 22.4 Å². The summed E-state index contributed by atoms with van der Waals surface area (Å²) in [4.78, 5) is 0. The Labute approximate surface area is 154 Å². The van der Waals surface area contributed by atoms with Crippen LogP contribution in [0.2, 0.25) is 0 Å². The summed E-state index contributed by atoms with van der Waals surface area (Å²) < 4.78 is 6.27. The van der Waals surface area contributed by atoms with Crippen molar-refractivity contribution in [2.75, 3.05) is 12.0 Å². The number of hydrazone groups is 1. The Hall–Kier alpha value is -1.94. The van der Waals surface area contributed by atoms with Crippen molar-refractivity contribution in [1.82, 2.24) is 5.01 Å². The molecule has 2 aliphatic rings. The largest absolute Gasteiger partial charge is 0.469 e. The quantitative estimate of drug-likeness (QED) is 0.767. The maximum Gasteiger partial charge on any atom is 0.188 e. The fourth-order valence-corrected chi connectivity index (χ4v) is 4.06. The van der Waals surface area contributed by atoms with Crippen molar-refractivity contribution in [1.29, 1.82) is 0 Å². The van der Waals surface area contributed by atoms with Gasteiger partial charge in [0.25, 0.3) is 0 Å². The van der Waals surface area contributed by atoms with Gasteiger partial charge in [-0.3, -0.25) is 5.01 Å². The molecule has 0 fully saturated rings. The molecule has 0 amide bonds. The molecule has 3 nitrogen and oxygen atoms in total. The van der Waals surface area contributed by atoms with Crippen LogP contribution in [0.3, 0.4) is 0 Å². The maximum absolute atomic E-state index is 6.27. The van der Waals surface area contributed by atoms with Crippen LogP contribution in [0.4, 0.5) is 0 Å². The van der Waals surface area contributed by atoms with Crippen molar-refractivity contribution >= 4 is 17.5 Å². The van der Waals surface area contributed by atoms with E-state index in [-0.39, 0.29) is 12.3 Å². The summed E-state index contributed by atoms with van der Waals surface area (Å²) in [7, 11) is 0. The van der Waals surface area contributed by atoms with E-state index in [2.05, 4.69) is 66.7 Å². The van der Waals surface area contributed by atoms with Crippen molar-refractivity contribution in [3.05, 3.63) is 65.2 Å². The standard InChI is InChI=1S/C21H24N2OS/c1-3-15-8-10-16(11-9-15)18-14-19-17-6-4-5-7-20(17)24-21(12-13-25-2)23(19)22-18/h4-11,19,21H,3,12-14H2,1-2H3/t19-,21+/m0/s1. The number of benzene rings is 2. The Morgan fingerprint density at radius 1 is 1.16 bits per heavy atom. The second kappa shape index (κ2) is 7.12. The van der Waals surface area contributed by atoms with Crippen molar-refractivity contribution in [3.8, 4) is 5.75 Å². The van der Waals surface area contributed by atoms with E-state index in [1.54, 1.807) is 0 Å². The molecule has 4 heteroatoms. The minimum absolute atomic E-state index is 0.0276. The first kappa shape index (κ1) is 16.5. The fourth-order valence-electron chi connectivity index (χ4n) is 3.63. The molecular formula is C21H24N2OS. The third-order valence-corrected chi connectivity index (χ3v) is 5.69. The first-order valence-corrected chi connectivity index (χ1v) is 10.4. The number of hydrogen-bond donors (Lipinski definition) is 0. The van der Waals surface area contributed by atoms with Gasteiger partial charge in [-0.25, -0.2) is 0 Å². The molecule has 0 saturated carbocycles. The summed E-state index contributed by atoms with van der Waals surface area (Å²) in [5, 5.41) is 7.18. The molecule has 25 heavy (non-hydrogen) atoms. The van der Waals surface area contributed by atoms with Gasteiger partial charge >= 0.3 is 0 Å². The van der Waals surface area contributed by atoms with Crippen LogP contribution in [0.1, 0.15) is 42.5 Å². The highest BCUT2D eigenvalue weighted by Crippen LogP contribution is 2.43. The Balaban J connectivity index is 1.65. The molecular weight excluding hydrogens is 328 g/mol. The summed E-state index contributed by atoms with van der Waals surface area (Å²) in [6.07, 6.45) is 5.17. The molecule has 0 radical (unpaired) electrons. The van der Waals surface area contributed by atoms with Crippen molar-refractivity contribution in [2.24, 2.45) is 5.10 Å². The number of aryl methyl sites for hydroxylation is 1. The Bertz CT molecular complexity index is 772. The number of fused-ring (bicyclic) bond motifs is 3. The lowest BCUT2D eigenvalue weighted by molar-refractivity contribution is -0.0180. The lowest BCUT2D eigenvalue weighted by Crippen LogP contribution is -2.40. The van der Waals surface area contributed by atoms with E-state index in [1.807, 2.05) is 11.8 Å². The summed E-state index contributed by atoms with van der Waals surface area (Å²) in [6.45, 7) is 2.19. The predicted octanol–water partition coefficient (Wildman–Crippen LogP) is 4.87. The highest BCUT2D eigenvalue weighted by atomic mass is 32.2. The second-order valence-corrected chi connectivity index (χ2v) is 7.57. The van der Waals surface area contributed by atoms with Crippen LogP contribution in [0, 0.1) is 0 Å². The average Bonchev–Trinajstić information content (AvgIpc) is 3.12. The first-order chi connectivity index (χ1) is 12.3. The van der Waals surface area contributed by atoms with Gasteiger partial charge in [0.15, 0.2) is 6.23 Å². The number of rotatable bonds is 5. The Kier molecular flexibility index (Phi) is 4.71. The SMILES string of the molecule is CCc1ccc(C2=NN3[C@@H](CCSC)Oc4ccccc4[C@@H]3C2)cc1. The second-order valence-electron chi connectivity index (χ2n) is 6.59. The van der Waals surface area contributed by atoms with E-state index in [0.717, 1.165) is 30.8 Å². The molecule has 2 aromatic rings. The number of nitrogens with zero attached hydrogens (tertiary/aromatic N) is 2. The zero-order valence-corrected chi connectivity index (χ0v) is 15.6. The molecule has 0 saturated heterocycles. The molecule has 4 rings (SSSR count). The van der Waals surface area contributed by atoms with Gasteiger partial charge in [-0.05, 0) is 35.6 Å². The van der Waals surface area contributed by atoms with Gasteiger partial charge in [0.05, 0.1) is 11.8 Å². The molecule has 2 heterocycles. The number of hydrogen-bond acceptors (Lipinski definition) is 4. The van der Waals surface area contributed by atoms with E-state index in [9.17, 15) is 0 Å². The Morgan fingerprint density at radius 3 is 2.72 bits per heavy atom. The van der Waals surface area contributed by atoms with E-state index < -0.39 is 0 Å². The maximum atomic E-state index is 6.27. The van der Waals surface area contributed by atoms with Crippen molar-refractivity contribution in [3.63, 3.8) is 0 Å². The van der Waals surface area contributed by atoms with Gasteiger partial charge in [-0.1, -0.05) is 49.4 Å². The summed E-state index contributed by atoms with van der Waals surface area (Å²) in [5.74, 6) is 2.10. The highest BCUT2D eigenvalue weighted by Gasteiger charge is 2.39. The summed E-state index contributed by atoms with van der Waals surface area (Å²) in [6, 6.07) is 17.5. The molecule has 0 aliphatic carbocycles. The van der Waals surface area contributed by atoms with Crippen LogP contribution in [0.25, 0.3) is 0 Å². The van der Waals surface area contributed by atoms with Crippen LogP contribution in [0.15, 0.2) is 53.6 Å². The van der Waals surface area contributed by atoms with Crippen LogP contribution >= 0.6 is 11.8 Å². The van der Waals surface area contributed by atoms with E-state index in [0.29, 0.717) is 0 Å². The molecule has 2 aliphatic heterocycles. The van der Waals surface area contributed by atoms with Gasteiger partial charge < -0.3 is 4.74 Å². The van der Waals surface area contributed by atoms with Crippen molar-refractivity contribution in [2.45, 2.75) is 38.5 Å². The lowest BCUT2D eigenvalue weighted by atomic mass is 9.96. The number of thioether (sulfide) groups is 1. The smallest absolute Gasteiger partial charge is 0.188 e. The number of ether oxygens (including phenoxy) is 1. The van der Waals surface area contributed by atoms with Gasteiger partial charge in [-0.15, -0.1) is 0 Å². The number of para-hydroxylation sites is 1. The molecule has 0 aromatic heterocycles. The predicted molar refractivity (Wildman–Crippen MR) is 105 cm³/mol. The minimum Gasteiger partial charge on any atom is -0.469 e. The normalized spacial score (nSPS) is 21.4. The average molecular weight is 353 g/mol. The summed E-state index contributed by atoms with van der Waals surface area (Å²) in [5.41, 5.74) is 5.02. The van der Waals surface area contributed by atoms with Gasteiger partial charge in [0.2, 0.25) is 0 Å². The summed E-state index contributed by atoms with van der Waals surface area (Å²) >= 11 is 1.86. The zero-order valence-electron chi connectivity index (χ0n) is 14.8. The molecule has 130 valence electrons. The topological polar surface area (TPSA) is 24.8 Å². The van der Waals surface area contributed by atoms with Crippen LogP contribution in [0.5, 0.6) is 5.75 Å². The van der Waals surface area contributed by atoms with Crippen LogP contribution in [-0.4, -0.2) is 29.0 Å². The van der Waals surface area contributed by atoms with E-state index in [4.69, 9.17) is 9.84 Å². The van der Waals surface area contributed by atoms with Crippen LogP contribution < -0.4 is 4.74 Å². The molecule has 2 atom stereocenters. The van der Waals surface area contributed by atoms with Gasteiger partial charge in [0.1, 0.15) is 5.75 Å². The van der Waals surface area contributed by atoms with Gasteiger partial charge in [-0.2, -0.15) is 16.9 Å².